The van der Waals surface area contributed by atoms with Gasteiger partial charge in [-0.15, -0.1) is 0 Å². The summed E-state index contributed by atoms with van der Waals surface area (Å²) in [6.07, 6.45) is 1.84. The standard InChI is InChI=1S/C30H28ClN3O3/c1-16-12-17(2)25(18(3)13-16)19-10-11-24-21(14-19)22(15-32-24)26(20-8-6-7-9-23(20)31)27-28(35)33(4)30(37)34(5)29(27)36/h6-15,26-27,32H,1-5H3. The van der Waals surface area contributed by atoms with Crippen molar-refractivity contribution >= 4 is 40.3 Å². The highest BCUT2D eigenvalue weighted by molar-refractivity contribution is 6.31. The number of benzene rings is 3. The van der Waals surface area contributed by atoms with Crippen LogP contribution in [-0.4, -0.2) is 46.7 Å². The summed E-state index contributed by atoms with van der Waals surface area (Å²) in [4.78, 5) is 44.7. The van der Waals surface area contributed by atoms with Crippen LogP contribution in [0, 0.1) is 26.7 Å². The van der Waals surface area contributed by atoms with Crippen LogP contribution in [-0.2, 0) is 9.59 Å². The maximum Gasteiger partial charge on any atom is 0.332 e. The number of hydrogen-bond acceptors (Lipinski definition) is 3. The van der Waals surface area contributed by atoms with Crippen molar-refractivity contribution in [1.29, 1.82) is 0 Å². The Bertz CT molecular complexity index is 1540. The molecule has 0 radical (unpaired) electrons. The minimum Gasteiger partial charge on any atom is -0.361 e. The molecule has 1 saturated heterocycles. The molecule has 3 aromatic carbocycles. The van der Waals surface area contributed by atoms with E-state index in [-0.39, 0.29) is 0 Å². The number of nitrogens with one attached hydrogen (secondary N) is 1. The van der Waals surface area contributed by atoms with Crippen molar-refractivity contribution < 1.29 is 14.4 Å². The molecule has 1 aliphatic rings. The molecule has 5 rings (SSSR count). The first-order chi connectivity index (χ1) is 17.6. The molecule has 7 heteroatoms. The number of nitrogens with zero attached hydrogens (tertiary/aromatic N) is 2. The fraction of sp³-hybridized carbons (Fsp3) is 0.233. The van der Waals surface area contributed by atoms with E-state index in [2.05, 4.69) is 50.0 Å². The highest BCUT2D eigenvalue weighted by Crippen LogP contribution is 2.43. The molecule has 0 bridgehead atoms. The minimum atomic E-state index is -1.14. The number of imide groups is 2. The topological polar surface area (TPSA) is 73.5 Å². The van der Waals surface area contributed by atoms with Gasteiger partial charge in [0.05, 0.1) is 0 Å². The van der Waals surface area contributed by atoms with Crippen LogP contribution in [0.2, 0.25) is 5.02 Å². The van der Waals surface area contributed by atoms with Crippen molar-refractivity contribution in [3.63, 3.8) is 0 Å². The van der Waals surface area contributed by atoms with E-state index in [0.29, 0.717) is 10.6 Å². The number of carbonyl (C=O) groups excluding carboxylic acids is 3. The number of urea groups is 1. The van der Waals surface area contributed by atoms with Gasteiger partial charge in [-0.05, 0) is 72.4 Å². The molecular formula is C30H28ClN3O3. The zero-order valence-corrected chi connectivity index (χ0v) is 22.2. The van der Waals surface area contributed by atoms with E-state index >= 15 is 0 Å². The van der Waals surface area contributed by atoms with E-state index in [9.17, 15) is 14.4 Å². The van der Waals surface area contributed by atoms with Crippen molar-refractivity contribution in [2.75, 3.05) is 14.1 Å². The largest absolute Gasteiger partial charge is 0.361 e. The van der Waals surface area contributed by atoms with Gasteiger partial charge in [0, 0.05) is 42.1 Å². The summed E-state index contributed by atoms with van der Waals surface area (Å²) in [7, 11) is 2.81. The average molecular weight is 514 g/mol. The second-order valence-electron chi connectivity index (χ2n) is 9.83. The lowest BCUT2D eigenvalue weighted by atomic mass is 9.78. The van der Waals surface area contributed by atoms with Gasteiger partial charge in [0.1, 0.15) is 5.92 Å². The number of aryl methyl sites for hydroxylation is 3. The Morgan fingerprint density at radius 3 is 2.08 bits per heavy atom. The first-order valence-electron chi connectivity index (χ1n) is 12.1. The van der Waals surface area contributed by atoms with Crippen LogP contribution in [0.4, 0.5) is 4.79 Å². The molecule has 1 unspecified atom stereocenters. The van der Waals surface area contributed by atoms with Gasteiger partial charge in [0.25, 0.3) is 0 Å². The molecule has 1 N–H and O–H groups in total. The minimum absolute atomic E-state index is 0.450. The predicted octanol–water partition coefficient (Wildman–Crippen LogP) is 6.21. The molecule has 4 aromatic rings. The zero-order chi connectivity index (χ0) is 26.6. The molecule has 4 amide bonds. The number of H-pyrrole nitrogens is 1. The van der Waals surface area contributed by atoms with Gasteiger partial charge >= 0.3 is 6.03 Å². The van der Waals surface area contributed by atoms with Crippen LogP contribution >= 0.6 is 11.6 Å². The quantitative estimate of drug-likeness (QED) is 0.329. The van der Waals surface area contributed by atoms with Crippen molar-refractivity contribution in [1.82, 2.24) is 14.8 Å². The molecule has 6 nitrogen and oxygen atoms in total. The second kappa shape index (κ2) is 9.20. The van der Waals surface area contributed by atoms with Gasteiger partial charge in [-0.2, -0.15) is 0 Å². The van der Waals surface area contributed by atoms with E-state index in [1.54, 1.807) is 6.07 Å². The number of rotatable bonds is 4. The third-order valence-corrected chi connectivity index (χ3v) is 7.70. The van der Waals surface area contributed by atoms with Crippen LogP contribution in [0.3, 0.4) is 0 Å². The van der Waals surface area contributed by atoms with Gasteiger partial charge in [0.2, 0.25) is 11.8 Å². The van der Waals surface area contributed by atoms with Crippen LogP contribution in [0.25, 0.3) is 22.0 Å². The molecule has 0 spiro atoms. The number of halogens is 1. The maximum atomic E-state index is 13.5. The number of hydrogen-bond donors (Lipinski definition) is 1. The number of carbonyl (C=O) groups is 3. The fourth-order valence-corrected chi connectivity index (χ4v) is 5.92. The van der Waals surface area contributed by atoms with Gasteiger partial charge < -0.3 is 4.98 Å². The summed E-state index contributed by atoms with van der Waals surface area (Å²) < 4.78 is 0. The Morgan fingerprint density at radius 1 is 0.838 bits per heavy atom. The molecule has 2 heterocycles. The molecule has 0 saturated carbocycles. The molecule has 1 fully saturated rings. The Kier molecular flexibility index (Phi) is 6.16. The summed E-state index contributed by atoms with van der Waals surface area (Å²) in [5.41, 5.74) is 8.07. The van der Waals surface area contributed by atoms with E-state index in [1.165, 1.54) is 30.8 Å². The molecular weight excluding hydrogens is 486 g/mol. The second-order valence-corrected chi connectivity index (χ2v) is 10.2. The smallest absolute Gasteiger partial charge is 0.332 e. The lowest BCUT2D eigenvalue weighted by Crippen LogP contribution is -2.58. The van der Waals surface area contributed by atoms with Crippen LogP contribution in [0.15, 0.2) is 60.8 Å². The van der Waals surface area contributed by atoms with E-state index in [0.717, 1.165) is 37.4 Å². The lowest BCUT2D eigenvalue weighted by molar-refractivity contribution is -0.148. The lowest BCUT2D eigenvalue weighted by Gasteiger charge is -2.37. The Hall–Kier alpha value is -3.90. The highest BCUT2D eigenvalue weighted by atomic mass is 35.5. The van der Waals surface area contributed by atoms with E-state index < -0.39 is 29.7 Å². The third kappa shape index (κ3) is 4.02. The van der Waals surface area contributed by atoms with Crippen molar-refractivity contribution in [3.05, 3.63) is 93.6 Å². The van der Waals surface area contributed by atoms with Crippen molar-refractivity contribution in [2.24, 2.45) is 5.92 Å². The number of barbiturate groups is 1. The van der Waals surface area contributed by atoms with Gasteiger partial charge in [-0.1, -0.05) is 53.6 Å². The van der Waals surface area contributed by atoms with Crippen molar-refractivity contribution in [3.8, 4) is 11.1 Å². The number of aromatic amines is 1. The van der Waals surface area contributed by atoms with Crippen LogP contribution in [0.5, 0.6) is 0 Å². The highest BCUT2D eigenvalue weighted by Gasteiger charge is 2.48. The molecule has 1 atom stereocenters. The van der Waals surface area contributed by atoms with Gasteiger partial charge in [-0.3, -0.25) is 19.4 Å². The third-order valence-electron chi connectivity index (χ3n) is 7.36. The summed E-state index contributed by atoms with van der Waals surface area (Å²) in [6.45, 7) is 6.29. The normalized spacial score (nSPS) is 15.7. The molecule has 37 heavy (non-hydrogen) atoms. The van der Waals surface area contributed by atoms with E-state index in [1.807, 2.05) is 30.5 Å². The van der Waals surface area contributed by atoms with Crippen LogP contribution in [0.1, 0.15) is 33.7 Å². The van der Waals surface area contributed by atoms with Gasteiger partial charge in [-0.25, -0.2) is 4.79 Å². The van der Waals surface area contributed by atoms with E-state index in [4.69, 9.17) is 11.6 Å². The maximum absolute atomic E-state index is 13.5. The first-order valence-corrected chi connectivity index (χ1v) is 12.5. The summed E-state index contributed by atoms with van der Waals surface area (Å²) in [5, 5.41) is 1.34. The Labute approximate surface area is 220 Å². The Morgan fingerprint density at radius 2 is 1.46 bits per heavy atom. The number of amides is 4. The fourth-order valence-electron chi connectivity index (χ4n) is 5.67. The summed E-state index contributed by atoms with van der Waals surface area (Å²) in [6, 6.07) is 17.1. The number of fused-ring (bicyclic) bond motifs is 1. The predicted molar refractivity (Wildman–Crippen MR) is 146 cm³/mol. The van der Waals surface area contributed by atoms with Crippen molar-refractivity contribution in [2.45, 2.75) is 26.7 Å². The van der Waals surface area contributed by atoms with Crippen LogP contribution < -0.4 is 0 Å². The van der Waals surface area contributed by atoms with Gasteiger partial charge in [0.15, 0.2) is 0 Å². The molecule has 1 aromatic heterocycles. The molecule has 0 aliphatic carbocycles. The molecule has 188 valence electrons. The zero-order valence-electron chi connectivity index (χ0n) is 21.4. The monoisotopic (exact) mass is 513 g/mol. The average Bonchev–Trinajstić information content (AvgIpc) is 3.27. The first kappa shape index (κ1) is 24.8. The Balaban J connectivity index is 1.75. The molecule has 1 aliphatic heterocycles. The summed E-state index contributed by atoms with van der Waals surface area (Å²) >= 11 is 6.66. The summed E-state index contributed by atoms with van der Waals surface area (Å²) in [5.74, 6) is -2.93. The SMILES string of the molecule is Cc1cc(C)c(-c2ccc3[nH]cc(C(c4ccccc4Cl)C4C(=O)N(C)C(=O)N(C)C4=O)c3c2)c(C)c1. The number of aromatic nitrogens is 1.